The van der Waals surface area contributed by atoms with E-state index in [9.17, 15) is 18.0 Å². The Bertz CT molecular complexity index is 418. The molecule has 4 nitrogen and oxygen atoms in total. The predicted octanol–water partition coefficient (Wildman–Crippen LogP) is 3.29. The molecule has 0 bridgehead atoms. The third-order valence-electron chi connectivity index (χ3n) is 2.25. The molecule has 0 radical (unpaired) electrons. The van der Waals surface area contributed by atoms with Crippen LogP contribution < -0.4 is 5.32 Å². The van der Waals surface area contributed by atoms with Crippen molar-refractivity contribution in [2.45, 2.75) is 32.4 Å². The lowest BCUT2D eigenvalue weighted by molar-refractivity contribution is -0.135. The Morgan fingerprint density at radius 2 is 2.11 bits per heavy atom. The number of alkyl halides is 3. The van der Waals surface area contributed by atoms with Gasteiger partial charge in [0.05, 0.1) is 5.69 Å². The van der Waals surface area contributed by atoms with Crippen LogP contribution in [0, 0.1) is 6.92 Å². The highest BCUT2D eigenvalue weighted by molar-refractivity contribution is 7.10. The number of hydrogen-bond acceptors (Lipinski definition) is 4. The Morgan fingerprint density at radius 1 is 1.44 bits per heavy atom. The molecule has 1 aromatic heterocycles. The van der Waals surface area contributed by atoms with Gasteiger partial charge >= 0.3 is 12.1 Å². The topological polar surface area (TPSA) is 62.2 Å². The van der Waals surface area contributed by atoms with Gasteiger partial charge in [-0.3, -0.25) is 0 Å². The van der Waals surface area contributed by atoms with Gasteiger partial charge in [-0.05, 0) is 31.3 Å². The van der Waals surface area contributed by atoms with Crippen LogP contribution in [0.15, 0.2) is 0 Å². The summed E-state index contributed by atoms with van der Waals surface area (Å²) in [5, 5.41) is 12.1. The molecule has 2 N–H and O–H groups in total. The number of unbranched alkanes of at least 4 members (excludes halogenated alkanes) is 1. The largest absolute Gasteiger partial charge is 0.478 e. The van der Waals surface area contributed by atoms with Gasteiger partial charge in [0.25, 0.3) is 0 Å². The van der Waals surface area contributed by atoms with Gasteiger partial charge in [-0.2, -0.15) is 17.5 Å². The first kappa shape index (κ1) is 14.7. The fraction of sp³-hybridized carbons (Fsp3) is 0.600. The highest BCUT2D eigenvalue weighted by atomic mass is 32.1. The van der Waals surface area contributed by atoms with Crippen LogP contribution in [0.4, 0.5) is 18.2 Å². The van der Waals surface area contributed by atoms with E-state index in [1.54, 1.807) is 6.92 Å². The average molecular weight is 282 g/mol. The number of carboxylic acid groups (broad SMARTS) is 1. The van der Waals surface area contributed by atoms with E-state index in [0.717, 1.165) is 11.5 Å². The molecule has 102 valence electrons. The summed E-state index contributed by atoms with van der Waals surface area (Å²) in [6.45, 7) is 1.88. The van der Waals surface area contributed by atoms with Gasteiger partial charge < -0.3 is 10.4 Å². The molecular weight excluding hydrogens is 269 g/mol. The van der Waals surface area contributed by atoms with Gasteiger partial charge in [-0.1, -0.05) is 0 Å². The molecule has 8 heteroatoms. The molecule has 0 atom stereocenters. The fourth-order valence-electron chi connectivity index (χ4n) is 1.39. The second-order valence-corrected chi connectivity index (χ2v) is 4.55. The van der Waals surface area contributed by atoms with Crippen molar-refractivity contribution in [3.8, 4) is 0 Å². The van der Waals surface area contributed by atoms with E-state index < -0.39 is 18.6 Å². The maximum atomic E-state index is 11.9. The second-order valence-electron chi connectivity index (χ2n) is 3.78. The lowest BCUT2D eigenvalue weighted by Crippen LogP contribution is -2.09. The smallest absolute Gasteiger partial charge is 0.389 e. The van der Waals surface area contributed by atoms with Gasteiger partial charge in [0.1, 0.15) is 10.6 Å². The van der Waals surface area contributed by atoms with E-state index in [1.165, 1.54) is 0 Å². The molecule has 0 aromatic carbocycles. The summed E-state index contributed by atoms with van der Waals surface area (Å²) in [6.07, 6.45) is -4.60. The van der Waals surface area contributed by atoms with Crippen molar-refractivity contribution in [1.29, 1.82) is 0 Å². The fourth-order valence-corrected chi connectivity index (χ4v) is 2.21. The van der Waals surface area contributed by atoms with E-state index in [1.807, 2.05) is 0 Å². The zero-order valence-electron chi connectivity index (χ0n) is 9.67. The zero-order chi connectivity index (χ0) is 13.8. The molecule has 0 spiro atoms. The van der Waals surface area contributed by atoms with Crippen LogP contribution >= 0.6 is 11.5 Å². The lowest BCUT2D eigenvalue weighted by atomic mass is 10.2. The maximum absolute atomic E-state index is 11.9. The van der Waals surface area contributed by atoms with Crippen LogP contribution in [0.5, 0.6) is 0 Å². The molecule has 18 heavy (non-hydrogen) atoms. The SMILES string of the molecule is Cc1nsc(NCCCCC(F)(F)F)c1C(=O)O. The van der Waals surface area contributed by atoms with Crippen molar-refractivity contribution in [1.82, 2.24) is 4.37 Å². The predicted molar refractivity (Wildman–Crippen MR) is 62.2 cm³/mol. The number of aromatic nitrogens is 1. The molecule has 0 saturated heterocycles. The first-order chi connectivity index (χ1) is 8.31. The second kappa shape index (κ2) is 6.03. The van der Waals surface area contributed by atoms with E-state index in [0.29, 0.717) is 23.7 Å². The van der Waals surface area contributed by atoms with Crippen LogP contribution in [0.3, 0.4) is 0 Å². The monoisotopic (exact) mass is 282 g/mol. The van der Waals surface area contributed by atoms with Gasteiger partial charge in [0.2, 0.25) is 0 Å². The summed E-state index contributed by atoms with van der Waals surface area (Å²) in [7, 11) is 0. The number of nitrogens with zero attached hydrogens (tertiary/aromatic N) is 1. The zero-order valence-corrected chi connectivity index (χ0v) is 10.5. The Balaban J connectivity index is 2.38. The van der Waals surface area contributed by atoms with Gasteiger partial charge in [0.15, 0.2) is 0 Å². The van der Waals surface area contributed by atoms with Crippen LogP contribution in [0.25, 0.3) is 0 Å². The molecule has 0 aliphatic heterocycles. The summed E-state index contributed by atoms with van der Waals surface area (Å²) < 4.78 is 39.5. The summed E-state index contributed by atoms with van der Waals surface area (Å²) in [4.78, 5) is 10.9. The number of nitrogens with one attached hydrogen (secondary N) is 1. The molecule has 1 rings (SSSR count). The molecule has 0 aliphatic carbocycles. The maximum Gasteiger partial charge on any atom is 0.389 e. The molecule has 0 amide bonds. The Labute approximate surface area is 106 Å². The molecule has 0 unspecified atom stereocenters. The van der Waals surface area contributed by atoms with Crippen molar-refractivity contribution in [3.63, 3.8) is 0 Å². The minimum Gasteiger partial charge on any atom is -0.478 e. The van der Waals surface area contributed by atoms with Crippen molar-refractivity contribution in [2.75, 3.05) is 11.9 Å². The van der Waals surface area contributed by atoms with E-state index in [-0.39, 0.29) is 12.0 Å². The number of halogens is 3. The first-order valence-corrected chi connectivity index (χ1v) is 6.09. The number of aryl methyl sites for hydroxylation is 1. The Kier molecular flexibility index (Phi) is 4.94. The van der Waals surface area contributed by atoms with Gasteiger partial charge in [-0.15, -0.1) is 0 Å². The molecule has 1 heterocycles. The molecule has 0 fully saturated rings. The van der Waals surface area contributed by atoms with E-state index >= 15 is 0 Å². The number of aromatic carboxylic acids is 1. The molecule has 0 saturated carbocycles. The number of rotatable bonds is 6. The molecular formula is C10H13F3N2O2S. The Morgan fingerprint density at radius 3 is 2.67 bits per heavy atom. The van der Waals surface area contributed by atoms with Crippen LogP contribution in [0.2, 0.25) is 0 Å². The number of anilines is 1. The third-order valence-corrected chi connectivity index (χ3v) is 3.15. The average Bonchev–Trinajstić information content (AvgIpc) is 2.57. The van der Waals surface area contributed by atoms with Crippen molar-refractivity contribution in [2.24, 2.45) is 0 Å². The standard InChI is InChI=1S/C10H13F3N2O2S/c1-6-7(9(16)17)8(18-15-6)14-5-3-2-4-10(11,12)13/h14H,2-5H2,1H3,(H,16,17). The summed E-state index contributed by atoms with van der Waals surface area (Å²) in [5.74, 6) is -1.08. The highest BCUT2D eigenvalue weighted by Crippen LogP contribution is 2.25. The van der Waals surface area contributed by atoms with Gasteiger partial charge in [-0.25, -0.2) is 4.79 Å². The van der Waals surface area contributed by atoms with E-state index in [2.05, 4.69) is 9.69 Å². The number of carboxylic acids is 1. The van der Waals surface area contributed by atoms with Crippen molar-refractivity contribution >= 4 is 22.5 Å². The van der Waals surface area contributed by atoms with E-state index in [4.69, 9.17) is 5.11 Å². The van der Waals surface area contributed by atoms with Crippen molar-refractivity contribution in [3.05, 3.63) is 11.3 Å². The van der Waals surface area contributed by atoms with Crippen LogP contribution in [0.1, 0.15) is 35.3 Å². The van der Waals surface area contributed by atoms with Crippen LogP contribution in [-0.2, 0) is 0 Å². The summed E-state index contributed by atoms with van der Waals surface area (Å²) in [5.41, 5.74) is 0.501. The number of hydrogen-bond donors (Lipinski definition) is 2. The summed E-state index contributed by atoms with van der Waals surface area (Å²) >= 11 is 1.00. The molecule has 1 aromatic rings. The molecule has 0 aliphatic rings. The minimum absolute atomic E-state index is 0.0245. The van der Waals surface area contributed by atoms with Crippen molar-refractivity contribution < 1.29 is 23.1 Å². The summed E-state index contributed by atoms with van der Waals surface area (Å²) in [6, 6.07) is 0. The van der Waals surface area contributed by atoms with Gasteiger partial charge in [0, 0.05) is 13.0 Å². The highest BCUT2D eigenvalue weighted by Gasteiger charge is 2.25. The Hall–Kier alpha value is -1.31. The lowest BCUT2D eigenvalue weighted by Gasteiger charge is -2.07. The first-order valence-electron chi connectivity index (χ1n) is 5.31. The normalized spacial score (nSPS) is 11.6. The quantitative estimate of drug-likeness (QED) is 0.786. The number of carbonyl (C=O) groups is 1. The minimum atomic E-state index is -4.13. The third kappa shape index (κ3) is 4.52. The van der Waals surface area contributed by atoms with Crippen LogP contribution in [-0.4, -0.2) is 28.2 Å².